The molecule has 8 nitrogen and oxygen atoms in total. The number of nitrogens with one attached hydrogen (secondary N) is 1. The van der Waals surface area contributed by atoms with Crippen LogP contribution >= 0.6 is 0 Å². The number of esters is 1. The van der Waals surface area contributed by atoms with Gasteiger partial charge < -0.3 is 10.1 Å². The summed E-state index contributed by atoms with van der Waals surface area (Å²) in [7, 11) is 0. The molecule has 3 aromatic rings. The first kappa shape index (κ1) is 16.3. The number of hydrogen-bond donors (Lipinski definition) is 1. The van der Waals surface area contributed by atoms with Gasteiger partial charge in [0, 0.05) is 5.69 Å². The highest BCUT2D eigenvalue weighted by molar-refractivity contribution is 6.01. The first-order chi connectivity index (χ1) is 12.2. The number of anilines is 1. The molecule has 0 saturated carbocycles. The minimum absolute atomic E-state index is 0.0571. The Morgan fingerprint density at radius 1 is 1.08 bits per heavy atom. The number of carbonyl (C=O) groups is 2. The average Bonchev–Trinajstić information content (AvgIpc) is 3.13. The molecule has 1 heterocycles. The van der Waals surface area contributed by atoms with E-state index < -0.39 is 11.9 Å². The summed E-state index contributed by atoms with van der Waals surface area (Å²) < 4.78 is 4.91. The van der Waals surface area contributed by atoms with Crippen LogP contribution in [-0.4, -0.2) is 38.7 Å². The number of carbonyl (C=O) groups excluding carboxylic acids is 2. The smallest absolute Gasteiger partial charge is 0.338 e. The number of nitrogens with zero attached hydrogens (tertiary/aromatic N) is 4. The number of amides is 1. The molecule has 0 saturated heterocycles. The third-order valence-corrected chi connectivity index (χ3v) is 3.26. The molecular formula is C17H15N5O3. The van der Waals surface area contributed by atoms with Gasteiger partial charge in [0.15, 0.2) is 0 Å². The Morgan fingerprint density at radius 3 is 2.48 bits per heavy atom. The van der Waals surface area contributed by atoms with Crippen LogP contribution in [0, 0.1) is 0 Å². The predicted octanol–water partition coefficient (Wildman–Crippen LogP) is 2.09. The second kappa shape index (κ2) is 7.35. The number of aromatic nitrogens is 4. The van der Waals surface area contributed by atoms with Crippen LogP contribution in [0.15, 0.2) is 54.6 Å². The zero-order chi connectivity index (χ0) is 17.6. The molecule has 0 fully saturated rings. The summed E-state index contributed by atoms with van der Waals surface area (Å²) in [4.78, 5) is 25.1. The lowest BCUT2D eigenvalue weighted by atomic mass is 10.2. The molecular weight excluding hydrogens is 322 g/mol. The summed E-state index contributed by atoms with van der Waals surface area (Å²) in [5.74, 6) is -0.961. The van der Waals surface area contributed by atoms with Crippen molar-refractivity contribution in [2.45, 2.75) is 6.92 Å². The van der Waals surface area contributed by atoms with Gasteiger partial charge in [-0.3, -0.25) is 4.79 Å². The lowest BCUT2D eigenvalue weighted by Crippen LogP contribution is -2.14. The second-order valence-electron chi connectivity index (χ2n) is 4.99. The number of benzene rings is 2. The number of tetrazole rings is 1. The number of para-hydroxylation sites is 1. The number of hydrogen-bond acceptors (Lipinski definition) is 6. The highest BCUT2D eigenvalue weighted by Gasteiger charge is 2.14. The van der Waals surface area contributed by atoms with Crippen molar-refractivity contribution < 1.29 is 14.3 Å². The van der Waals surface area contributed by atoms with Crippen LogP contribution in [0.25, 0.3) is 5.69 Å². The minimum Gasteiger partial charge on any atom is -0.462 e. The van der Waals surface area contributed by atoms with E-state index in [-0.39, 0.29) is 5.82 Å². The molecule has 2 aromatic carbocycles. The van der Waals surface area contributed by atoms with Crippen LogP contribution in [0.4, 0.5) is 5.69 Å². The fourth-order valence-electron chi connectivity index (χ4n) is 2.07. The van der Waals surface area contributed by atoms with Crippen molar-refractivity contribution in [3.8, 4) is 5.69 Å². The highest BCUT2D eigenvalue weighted by atomic mass is 16.5. The summed E-state index contributed by atoms with van der Waals surface area (Å²) in [5.41, 5.74) is 1.62. The Balaban J connectivity index is 1.68. The Kier molecular flexibility index (Phi) is 4.79. The van der Waals surface area contributed by atoms with E-state index in [1.807, 2.05) is 18.2 Å². The van der Waals surface area contributed by atoms with E-state index in [2.05, 4.69) is 20.7 Å². The molecule has 8 heteroatoms. The van der Waals surface area contributed by atoms with E-state index in [0.717, 1.165) is 0 Å². The second-order valence-corrected chi connectivity index (χ2v) is 4.99. The summed E-state index contributed by atoms with van der Waals surface area (Å²) in [6, 6.07) is 15.5. The van der Waals surface area contributed by atoms with Gasteiger partial charge in [-0.1, -0.05) is 18.2 Å². The van der Waals surface area contributed by atoms with Gasteiger partial charge in [-0.2, -0.15) is 0 Å². The van der Waals surface area contributed by atoms with Crippen molar-refractivity contribution in [2.24, 2.45) is 0 Å². The first-order valence-corrected chi connectivity index (χ1v) is 7.61. The first-order valence-electron chi connectivity index (χ1n) is 7.61. The molecule has 0 unspecified atom stereocenters. The van der Waals surface area contributed by atoms with Crippen molar-refractivity contribution in [1.29, 1.82) is 0 Å². The van der Waals surface area contributed by atoms with E-state index in [1.165, 1.54) is 4.80 Å². The van der Waals surface area contributed by atoms with Crippen LogP contribution < -0.4 is 5.32 Å². The zero-order valence-electron chi connectivity index (χ0n) is 13.4. The van der Waals surface area contributed by atoms with Gasteiger partial charge in [-0.05, 0) is 48.5 Å². The molecule has 0 aliphatic carbocycles. The molecule has 0 bridgehead atoms. The highest BCUT2D eigenvalue weighted by Crippen LogP contribution is 2.11. The van der Waals surface area contributed by atoms with E-state index in [4.69, 9.17) is 4.74 Å². The van der Waals surface area contributed by atoms with Crippen LogP contribution in [0.2, 0.25) is 0 Å². The summed E-state index contributed by atoms with van der Waals surface area (Å²) >= 11 is 0. The molecule has 0 aliphatic rings. The van der Waals surface area contributed by atoms with Gasteiger partial charge in [0.2, 0.25) is 0 Å². The van der Waals surface area contributed by atoms with Gasteiger partial charge in [-0.25, -0.2) is 4.79 Å². The van der Waals surface area contributed by atoms with Crippen LogP contribution in [0.5, 0.6) is 0 Å². The van der Waals surface area contributed by atoms with E-state index in [1.54, 1.807) is 43.3 Å². The van der Waals surface area contributed by atoms with Crippen LogP contribution in [0.1, 0.15) is 27.9 Å². The molecule has 1 N–H and O–H groups in total. The van der Waals surface area contributed by atoms with Crippen molar-refractivity contribution in [2.75, 3.05) is 11.9 Å². The molecule has 0 atom stereocenters. The summed E-state index contributed by atoms with van der Waals surface area (Å²) in [5, 5.41) is 14.3. The molecule has 3 rings (SSSR count). The SMILES string of the molecule is CCOC(=O)c1ccc(NC(=O)c2nnn(-c3ccccc3)n2)cc1. The Hall–Kier alpha value is -3.55. The summed E-state index contributed by atoms with van der Waals surface area (Å²) in [6.07, 6.45) is 0. The quantitative estimate of drug-likeness (QED) is 0.716. The molecule has 1 amide bonds. The monoisotopic (exact) mass is 337 g/mol. The van der Waals surface area contributed by atoms with Crippen molar-refractivity contribution >= 4 is 17.6 Å². The van der Waals surface area contributed by atoms with E-state index in [0.29, 0.717) is 23.5 Å². The van der Waals surface area contributed by atoms with E-state index in [9.17, 15) is 9.59 Å². The van der Waals surface area contributed by atoms with Crippen molar-refractivity contribution in [3.63, 3.8) is 0 Å². The fourth-order valence-corrected chi connectivity index (χ4v) is 2.07. The molecule has 126 valence electrons. The lowest BCUT2D eigenvalue weighted by Gasteiger charge is -2.04. The zero-order valence-corrected chi connectivity index (χ0v) is 13.4. The molecule has 0 aliphatic heterocycles. The largest absolute Gasteiger partial charge is 0.462 e. The van der Waals surface area contributed by atoms with Crippen LogP contribution in [0.3, 0.4) is 0 Å². The van der Waals surface area contributed by atoms with Gasteiger partial charge in [0.05, 0.1) is 17.9 Å². The number of ether oxygens (including phenoxy) is 1. The average molecular weight is 337 g/mol. The molecule has 0 spiro atoms. The predicted molar refractivity (Wildman–Crippen MR) is 89.5 cm³/mol. The van der Waals surface area contributed by atoms with Gasteiger partial charge in [0.25, 0.3) is 11.7 Å². The Morgan fingerprint density at radius 2 is 1.80 bits per heavy atom. The van der Waals surface area contributed by atoms with E-state index >= 15 is 0 Å². The number of rotatable bonds is 5. The van der Waals surface area contributed by atoms with Gasteiger partial charge in [0.1, 0.15) is 0 Å². The molecule has 0 radical (unpaired) electrons. The van der Waals surface area contributed by atoms with Gasteiger partial charge in [-0.15, -0.1) is 15.0 Å². The minimum atomic E-state index is -0.494. The molecule has 1 aromatic heterocycles. The topological polar surface area (TPSA) is 99.0 Å². The summed E-state index contributed by atoms with van der Waals surface area (Å²) in [6.45, 7) is 2.04. The Labute approximate surface area is 143 Å². The standard InChI is InChI=1S/C17H15N5O3/c1-2-25-17(24)12-8-10-13(11-9-12)18-16(23)15-19-21-22(20-15)14-6-4-3-5-7-14/h3-11H,2H2,1H3,(H,18,23). The van der Waals surface area contributed by atoms with Gasteiger partial charge >= 0.3 is 5.97 Å². The Bertz CT molecular complexity index is 875. The lowest BCUT2D eigenvalue weighted by molar-refractivity contribution is 0.0526. The third kappa shape index (κ3) is 3.86. The maximum atomic E-state index is 12.2. The van der Waals surface area contributed by atoms with Crippen LogP contribution in [-0.2, 0) is 4.74 Å². The maximum Gasteiger partial charge on any atom is 0.338 e. The van der Waals surface area contributed by atoms with Crippen molar-refractivity contribution in [1.82, 2.24) is 20.2 Å². The molecule has 25 heavy (non-hydrogen) atoms. The fraction of sp³-hybridized carbons (Fsp3) is 0.118. The van der Waals surface area contributed by atoms with Crippen molar-refractivity contribution in [3.05, 3.63) is 66.0 Å². The normalized spacial score (nSPS) is 10.3. The maximum absolute atomic E-state index is 12.2. The third-order valence-electron chi connectivity index (χ3n) is 3.26.